The van der Waals surface area contributed by atoms with Crippen molar-refractivity contribution in [3.8, 4) is 0 Å². The van der Waals surface area contributed by atoms with Crippen LogP contribution in [-0.2, 0) is 16.1 Å². The predicted octanol–water partition coefficient (Wildman–Crippen LogP) is 5.48. The van der Waals surface area contributed by atoms with Gasteiger partial charge in [0.15, 0.2) is 5.16 Å². The van der Waals surface area contributed by atoms with Crippen LogP contribution in [0.25, 0.3) is 11.0 Å². The highest BCUT2D eigenvalue weighted by atomic mass is 79.9. The summed E-state index contributed by atoms with van der Waals surface area (Å²) in [6.45, 7) is 1.18. The predicted molar refractivity (Wildman–Crippen MR) is 115 cm³/mol. The van der Waals surface area contributed by atoms with E-state index in [2.05, 4.69) is 26.2 Å². The molecule has 0 unspecified atom stereocenters. The maximum Gasteiger partial charge on any atom is 0.234 e. The SMILES string of the molecule is COCCn1c(SCC(=O)Nc2ccc(Br)cc2Cl)nc2cc(Cl)ccc21. The molecule has 0 fully saturated rings. The van der Waals surface area contributed by atoms with Crippen LogP contribution < -0.4 is 5.32 Å². The Bertz CT molecular complexity index is 981. The number of nitrogens with one attached hydrogen (secondary N) is 1. The average molecular weight is 489 g/mol. The standard InChI is InChI=1S/C18H16BrCl2N3O2S/c1-26-7-6-24-16-5-3-12(20)9-15(16)23-18(24)27-10-17(25)22-14-4-2-11(19)8-13(14)21/h2-5,8-9H,6-7,10H2,1H3,(H,22,25). The molecule has 0 saturated heterocycles. The first-order chi connectivity index (χ1) is 13.0. The molecule has 1 heterocycles. The second-order valence-electron chi connectivity index (χ2n) is 5.63. The van der Waals surface area contributed by atoms with Crippen LogP contribution in [0.1, 0.15) is 0 Å². The zero-order valence-corrected chi connectivity index (χ0v) is 18.3. The number of aromatic nitrogens is 2. The van der Waals surface area contributed by atoms with Crippen LogP contribution in [-0.4, -0.2) is 34.9 Å². The molecule has 2 aromatic carbocycles. The van der Waals surface area contributed by atoms with Gasteiger partial charge in [0.05, 0.1) is 34.1 Å². The third-order valence-corrected chi connectivity index (χ3v) is 5.75. The van der Waals surface area contributed by atoms with Gasteiger partial charge in [0.25, 0.3) is 0 Å². The summed E-state index contributed by atoms with van der Waals surface area (Å²) in [7, 11) is 1.65. The molecule has 3 rings (SSSR count). The first kappa shape index (κ1) is 20.5. The lowest BCUT2D eigenvalue weighted by Crippen LogP contribution is -2.15. The van der Waals surface area contributed by atoms with Crippen LogP contribution in [0.15, 0.2) is 46.0 Å². The van der Waals surface area contributed by atoms with Gasteiger partial charge in [0.2, 0.25) is 5.91 Å². The molecule has 9 heteroatoms. The van der Waals surface area contributed by atoms with Crippen molar-refractivity contribution in [3.63, 3.8) is 0 Å². The Morgan fingerprint density at radius 3 is 2.85 bits per heavy atom. The van der Waals surface area contributed by atoms with Crippen molar-refractivity contribution < 1.29 is 9.53 Å². The number of benzene rings is 2. The van der Waals surface area contributed by atoms with Crippen LogP contribution in [0.4, 0.5) is 5.69 Å². The van der Waals surface area contributed by atoms with Crippen LogP contribution >= 0.6 is 50.9 Å². The Balaban J connectivity index is 1.74. The largest absolute Gasteiger partial charge is 0.383 e. The van der Waals surface area contributed by atoms with E-state index >= 15 is 0 Å². The molecule has 0 saturated carbocycles. The van der Waals surface area contributed by atoms with E-state index in [1.165, 1.54) is 11.8 Å². The number of hydrogen-bond donors (Lipinski definition) is 1. The lowest BCUT2D eigenvalue weighted by molar-refractivity contribution is -0.113. The Labute approximate surface area is 179 Å². The van der Waals surface area contributed by atoms with Gasteiger partial charge in [-0.1, -0.05) is 50.9 Å². The highest BCUT2D eigenvalue weighted by Gasteiger charge is 2.14. The fourth-order valence-corrected chi connectivity index (χ4v) is 4.22. The van der Waals surface area contributed by atoms with E-state index in [1.807, 2.05) is 28.8 Å². The van der Waals surface area contributed by atoms with Crippen molar-refractivity contribution in [2.24, 2.45) is 0 Å². The molecule has 142 valence electrons. The molecule has 0 aliphatic rings. The van der Waals surface area contributed by atoms with Crippen molar-refractivity contribution in [1.82, 2.24) is 9.55 Å². The molecule has 1 N–H and O–H groups in total. The van der Waals surface area contributed by atoms with E-state index in [0.717, 1.165) is 20.7 Å². The second-order valence-corrected chi connectivity index (χ2v) is 8.33. The number of carbonyl (C=O) groups excluding carboxylic acids is 1. The molecule has 1 aromatic heterocycles. The van der Waals surface area contributed by atoms with Gasteiger partial charge < -0.3 is 14.6 Å². The fourth-order valence-electron chi connectivity index (χ4n) is 2.50. The average Bonchev–Trinajstić information content (AvgIpc) is 2.97. The molecule has 0 aliphatic heterocycles. The van der Waals surface area contributed by atoms with Gasteiger partial charge in [-0.15, -0.1) is 0 Å². The van der Waals surface area contributed by atoms with E-state index < -0.39 is 0 Å². The Kier molecular flexibility index (Phi) is 7.05. The van der Waals surface area contributed by atoms with E-state index in [4.69, 9.17) is 27.9 Å². The highest BCUT2D eigenvalue weighted by molar-refractivity contribution is 9.10. The Morgan fingerprint density at radius 1 is 1.30 bits per heavy atom. The highest BCUT2D eigenvalue weighted by Crippen LogP contribution is 2.28. The first-order valence-electron chi connectivity index (χ1n) is 8.00. The minimum Gasteiger partial charge on any atom is -0.383 e. The molecule has 0 aliphatic carbocycles. The van der Waals surface area contributed by atoms with Crippen LogP contribution in [0.3, 0.4) is 0 Å². The minimum atomic E-state index is -0.160. The van der Waals surface area contributed by atoms with Gasteiger partial charge in [0.1, 0.15) is 0 Å². The summed E-state index contributed by atoms with van der Waals surface area (Å²) in [6, 6.07) is 10.9. The molecular weight excluding hydrogens is 473 g/mol. The summed E-state index contributed by atoms with van der Waals surface area (Å²) >= 11 is 16.9. The number of carbonyl (C=O) groups is 1. The van der Waals surface area contributed by atoms with Gasteiger partial charge in [-0.25, -0.2) is 4.98 Å². The number of fused-ring (bicyclic) bond motifs is 1. The number of methoxy groups -OCH3 is 1. The molecule has 0 radical (unpaired) electrons. The molecule has 3 aromatic rings. The number of rotatable bonds is 7. The summed E-state index contributed by atoms with van der Waals surface area (Å²) in [5, 5.41) is 4.65. The van der Waals surface area contributed by atoms with Crippen LogP contribution in [0, 0.1) is 0 Å². The molecule has 1 amide bonds. The molecular formula is C18H16BrCl2N3O2S. The number of imidazole rings is 1. The Morgan fingerprint density at radius 2 is 2.11 bits per heavy atom. The zero-order chi connectivity index (χ0) is 19.4. The number of amides is 1. The van der Waals surface area contributed by atoms with E-state index in [9.17, 15) is 4.79 Å². The molecule has 27 heavy (non-hydrogen) atoms. The van der Waals surface area contributed by atoms with E-state index in [1.54, 1.807) is 19.2 Å². The third kappa shape index (κ3) is 5.18. The number of thioether (sulfide) groups is 1. The minimum absolute atomic E-state index is 0.160. The van der Waals surface area contributed by atoms with Crippen molar-refractivity contribution in [2.45, 2.75) is 11.7 Å². The van der Waals surface area contributed by atoms with Crippen molar-refractivity contribution >= 4 is 73.5 Å². The lowest BCUT2D eigenvalue weighted by Gasteiger charge is -2.09. The summed E-state index contributed by atoms with van der Waals surface area (Å²) in [5.74, 6) is 0.0452. The quantitative estimate of drug-likeness (QED) is 0.447. The number of hydrogen-bond acceptors (Lipinski definition) is 4. The van der Waals surface area contributed by atoms with E-state index in [-0.39, 0.29) is 11.7 Å². The summed E-state index contributed by atoms with van der Waals surface area (Å²) < 4.78 is 8.07. The van der Waals surface area contributed by atoms with Gasteiger partial charge in [0, 0.05) is 23.1 Å². The summed E-state index contributed by atoms with van der Waals surface area (Å²) in [6.07, 6.45) is 0. The fraction of sp³-hybridized carbons (Fsp3) is 0.222. The normalized spacial score (nSPS) is 11.1. The maximum atomic E-state index is 12.3. The van der Waals surface area contributed by atoms with E-state index in [0.29, 0.717) is 28.9 Å². The zero-order valence-electron chi connectivity index (χ0n) is 14.3. The second kappa shape index (κ2) is 9.30. The molecule has 0 spiro atoms. The van der Waals surface area contributed by atoms with Crippen molar-refractivity contribution in [2.75, 3.05) is 24.8 Å². The van der Waals surface area contributed by atoms with Crippen molar-refractivity contribution in [1.29, 1.82) is 0 Å². The van der Waals surface area contributed by atoms with Crippen LogP contribution in [0.2, 0.25) is 10.0 Å². The summed E-state index contributed by atoms with van der Waals surface area (Å²) in [5.41, 5.74) is 2.32. The smallest absolute Gasteiger partial charge is 0.234 e. The first-order valence-corrected chi connectivity index (χ1v) is 10.5. The van der Waals surface area contributed by atoms with Gasteiger partial charge in [-0.3, -0.25) is 4.79 Å². The van der Waals surface area contributed by atoms with Crippen molar-refractivity contribution in [3.05, 3.63) is 50.9 Å². The maximum absolute atomic E-state index is 12.3. The van der Waals surface area contributed by atoms with Gasteiger partial charge >= 0.3 is 0 Å². The monoisotopic (exact) mass is 487 g/mol. The number of anilines is 1. The topological polar surface area (TPSA) is 56.1 Å². The molecule has 0 atom stereocenters. The number of halogens is 3. The van der Waals surface area contributed by atoms with Crippen LogP contribution in [0.5, 0.6) is 0 Å². The third-order valence-electron chi connectivity index (χ3n) is 3.73. The lowest BCUT2D eigenvalue weighted by atomic mass is 10.3. The van der Waals surface area contributed by atoms with Gasteiger partial charge in [-0.05, 0) is 36.4 Å². The molecule has 5 nitrogen and oxygen atoms in total. The molecule has 0 bridgehead atoms. The number of nitrogens with zero attached hydrogens (tertiary/aromatic N) is 2. The number of ether oxygens (including phenoxy) is 1. The Hall–Kier alpha value is -1.25. The van der Waals surface area contributed by atoms with Gasteiger partial charge in [-0.2, -0.15) is 0 Å². The summed E-state index contributed by atoms with van der Waals surface area (Å²) in [4.78, 5) is 16.9.